The van der Waals surface area contributed by atoms with E-state index in [4.69, 9.17) is 12.2 Å². The van der Waals surface area contributed by atoms with Crippen LogP contribution in [0.3, 0.4) is 0 Å². The van der Waals surface area contributed by atoms with Gasteiger partial charge in [-0.3, -0.25) is 10.1 Å². The molecule has 0 saturated carbocycles. The van der Waals surface area contributed by atoms with Gasteiger partial charge in [0.1, 0.15) is 12.0 Å². The highest BCUT2D eigenvalue weighted by Gasteiger charge is 2.05. The van der Waals surface area contributed by atoms with E-state index in [1.807, 2.05) is 6.92 Å². The standard InChI is InChI=1S/C8H10N4O2S/c1-2-9-8(15)11-7-4-3-6(5-10-7)12(13)14/h3-5H,2H2,1H3,(H2,9,10,11,15). The van der Waals surface area contributed by atoms with Gasteiger partial charge in [0.05, 0.1) is 4.92 Å². The van der Waals surface area contributed by atoms with Crippen LogP contribution in [0, 0.1) is 10.1 Å². The van der Waals surface area contributed by atoms with Crippen LogP contribution >= 0.6 is 12.2 Å². The first kappa shape index (κ1) is 11.3. The van der Waals surface area contributed by atoms with Crippen LogP contribution in [0.5, 0.6) is 0 Å². The van der Waals surface area contributed by atoms with Crippen molar-refractivity contribution in [3.05, 3.63) is 28.4 Å². The average Bonchev–Trinajstić information content (AvgIpc) is 2.18. The third-order valence-electron chi connectivity index (χ3n) is 1.54. The Hall–Kier alpha value is -1.76. The molecule has 1 aromatic rings. The number of nitrogens with one attached hydrogen (secondary N) is 2. The van der Waals surface area contributed by atoms with Gasteiger partial charge >= 0.3 is 0 Å². The number of thiocarbonyl (C=S) groups is 1. The van der Waals surface area contributed by atoms with Gasteiger partial charge in [-0.2, -0.15) is 0 Å². The van der Waals surface area contributed by atoms with E-state index in [0.717, 1.165) is 0 Å². The van der Waals surface area contributed by atoms with Crippen molar-refractivity contribution in [2.45, 2.75) is 6.92 Å². The molecule has 0 saturated heterocycles. The normalized spacial score (nSPS) is 9.40. The minimum absolute atomic E-state index is 0.0464. The molecule has 1 aromatic heterocycles. The van der Waals surface area contributed by atoms with Crippen LogP contribution in [0.25, 0.3) is 0 Å². The van der Waals surface area contributed by atoms with E-state index in [1.54, 1.807) is 0 Å². The number of pyridine rings is 1. The molecule has 0 aliphatic heterocycles. The fourth-order valence-electron chi connectivity index (χ4n) is 0.889. The van der Waals surface area contributed by atoms with E-state index in [1.165, 1.54) is 18.3 Å². The fraction of sp³-hybridized carbons (Fsp3) is 0.250. The monoisotopic (exact) mass is 226 g/mol. The largest absolute Gasteiger partial charge is 0.363 e. The molecule has 15 heavy (non-hydrogen) atoms. The minimum atomic E-state index is -0.501. The first-order chi connectivity index (χ1) is 7.13. The Morgan fingerprint density at radius 3 is 2.87 bits per heavy atom. The van der Waals surface area contributed by atoms with E-state index in [2.05, 4.69) is 15.6 Å². The number of hydrogen-bond donors (Lipinski definition) is 2. The predicted molar refractivity (Wildman–Crippen MR) is 60.8 cm³/mol. The lowest BCUT2D eigenvalue weighted by Crippen LogP contribution is -2.28. The first-order valence-electron chi connectivity index (χ1n) is 4.28. The van der Waals surface area contributed by atoms with Crippen LogP contribution in [-0.4, -0.2) is 21.6 Å². The second kappa shape index (κ2) is 5.20. The van der Waals surface area contributed by atoms with Gasteiger partial charge in [0.25, 0.3) is 5.69 Å². The van der Waals surface area contributed by atoms with Crippen molar-refractivity contribution >= 4 is 28.8 Å². The Labute approximate surface area is 91.9 Å². The Morgan fingerprint density at radius 1 is 1.67 bits per heavy atom. The summed E-state index contributed by atoms with van der Waals surface area (Å²) in [5.74, 6) is 0.478. The molecular weight excluding hydrogens is 216 g/mol. The van der Waals surface area contributed by atoms with E-state index < -0.39 is 4.92 Å². The third kappa shape index (κ3) is 3.47. The van der Waals surface area contributed by atoms with Crippen LogP contribution in [0.15, 0.2) is 18.3 Å². The van der Waals surface area contributed by atoms with Crippen molar-refractivity contribution in [1.82, 2.24) is 10.3 Å². The summed E-state index contributed by atoms with van der Waals surface area (Å²) < 4.78 is 0. The third-order valence-corrected chi connectivity index (χ3v) is 1.78. The average molecular weight is 226 g/mol. The summed E-state index contributed by atoms with van der Waals surface area (Å²) in [4.78, 5) is 13.7. The van der Waals surface area contributed by atoms with Gasteiger partial charge in [-0.25, -0.2) is 4.98 Å². The molecule has 6 nitrogen and oxygen atoms in total. The molecule has 0 amide bonds. The van der Waals surface area contributed by atoms with Gasteiger partial charge in [0.2, 0.25) is 0 Å². The number of anilines is 1. The van der Waals surface area contributed by atoms with Gasteiger partial charge in [-0.15, -0.1) is 0 Å². The maximum absolute atomic E-state index is 10.3. The van der Waals surface area contributed by atoms with Gasteiger partial charge in [0.15, 0.2) is 5.11 Å². The molecule has 0 unspecified atom stereocenters. The fourth-order valence-corrected chi connectivity index (χ4v) is 1.14. The van der Waals surface area contributed by atoms with Crippen molar-refractivity contribution in [3.8, 4) is 0 Å². The number of nitrogens with zero attached hydrogens (tertiary/aromatic N) is 2. The zero-order valence-corrected chi connectivity index (χ0v) is 8.87. The Balaban J connectivity index is 2.64. The molecule has 0 spiro atoms. The Kier molecular flexibility index (Phi) is 3.92. The maximum Gasteiger partial charge on any atom is 0.287 e. The predicted octanol–water partition coefficient (Wildman–Crippen LogP) is 1.30. The highest BCUT2D eigenvalue weighted by molar-refractivity contribution is 7.80. The van der Waals surface area contributed by atoms with Gasteiger partial charge < -0.3 is 10.6 Å². The van der Waals surface area contributed by atoms with E-state index in [9.17, 15) is 10.1 Å². The van der Waals surface area contributed by atoms with Gasteiger partial charge in [-0.05, 0) is 25.2 Å². The number of hydrogen-bond acceptors (Lipinski definition) is 4. The van der Waals surface area contributed by atoms with Crippen LogP contribution in [0.4, 0.5) is 11.5 Å². The summed E-state index contributed by atoms with van der Waals surface area (Å²) in [5.41, 5.74) is -0.0464. The molecular formula is C8H10N4O2S. The molecule has 1 rings (SSSR count). The van der Waals surface area contributed by atoms with E-state index in [-0.39, 0.29) is 5.69 Å². The zero-order chi connectivity index (χ0) is 11.3. The quantitative estimate of drug-likeness (QED) is 0.459. The van der Waals surface area contributed by atoms with Crippen LogP contribution < -0.4 is 10.6 Å². The molecule has 0 fully saturated rings. The summed E-state index contributed by atoms with van der Waals surface area (Å²) >= 11 is 4.92. The Morgan fingerprint density at radius 2 is 2.40 bits per heavy atom. The summed E-state index contributed by atoms with van der Waals surface area (Å²) in [5, 5.41) is 16.5. The summed E-state index contributed by atoms with van der Waals surface area (Å²) in [6.07, 6.45) is 1.18. The van der Waals surface area contributed by atoms with Gasteiger partial charge in [-0.1, -0.05) is 0 Å². The highest BCUT2D eigenvalue weighted by atomic mass is 32.1. The molecule has 0 radical (unpaired) electrons. The first-order valence-corrected chi connectivity index (χ1v) is 4.69. The molecule has 80 valence electrons. The van der Waals surface area contributed by atoms with Crippen molar-refractivity contribution in [1.29, 1.82) is 0 Å². The molecule has 2 N–H and O–H groups in total. The second-order valence-corrected chi connectivity index (χ2v) is 3.05. The van der Waals surface area contributed by atoms with E-state index in [0.29, 0.717) is 17.5 Å². The molecule has 0 atom stereocenters. The number of nitro groups is 1. The SMILES string of the molecule is CCNC(=S)Nc1ccc([N+](=O)[O-])cn1. The van der Waals surface area contributed by atoms with Crippen molar-refractivity contribution in [3.63, 3.8) is 0 Å². The van der Waals surface area contributed by atoms with Crippen LogP contribution in [-0.2, 0) is 0 Å². The maximum atomic E-state index is 10.3. The highest BCUT2D eigenvalue weighted by Crippen LogP contribution is 2.11. The lowest BCUT2D eigenvalue weighted by molar-refractivity contribution is -0.385. The summed E-state index contributed by atoms with van der Waals surface area (Å²) in [6, 6.07) is 2.87. The Bertz CT molecular complexity index is 365. The van der Waals surface area contributed by atoms with Crippen molar-refractivity contribution < 1.29 is 4.92 Å². The van der Waals surface area contributed by atoms with Crippen LogP contribution in [0.1, 0.15) is 6.92 Å². The molecule has 0 aliphatic carbocycles. The summed E-state index contributed by atoms with van der Waals surface area (Å²) in [6.45, 7) is 2.62. The van der Waals surface area contributed by atoms with Crippen molar-refractivity contribution in [2.24, 2.45) is 0 Å². The smallest absolute Gasteiger partial charge is 0.287 e. The second-order valence-electron chi connectivity index (χ2n) is 2.64. The lowest BCUT2D eigenvalue weighted by atomic mass is 10.4. The zero-order valence-electron chi connectivity index (χ0n) is 8.06. The molecule has 0 aromatic carbocycles. The number of aromatic nitrogens is 1. The van der Waals surface area contributed by atoms with E-state index >= 15 is 0 Å². The van der Waals surface area contributed by atoms with Crippen LogP contribution in [0.2, 0.25) is 0 Å². The topological polar surface area (TPSA) is 80.1 Å². The molecule has 0 aliphatic rings. The van der Waals surface area contributed by atoms with Gasteiger partial charge in [0, 0.05) is 12.6 Å². The summed E-state index contributed by atoms with van der Waals surface area (Å²) in [7, 11) is 0. The molecule has 0 bridgehead atoms. The molecule has 7 heteroatoms. The molecule has 1 heterocycles. The lowest BCUT2D eigenvalue weighted by Gasteiger charge is -2.06. The minimum Gasteiger partial charge on any atom is -0.363 e. The van der Waals surface area contributed by atoms with Crippen molar-refractivity contribution in [2.75, 3.05) is 11.9 Å². The number of rotatable bonds is 3.